The predicted octanol–water partition coefficient (Wildman–Crippen LogP) is 5.83. The van der Waals surface area contributed by atoms with E-state index in [4.69, 9.17) is 10.3 Å². The van der Waals surface area contributed by atoms with E-state index in [0.717, 1.165) is 43.4 Å². The average molecular weight is 638 g/mol. The van der Waals surface area contributed by atoms with Gasteiger partial charge >= 0.3 is 11.8 Å². The Bertz CT molecular complexity index is 1420. The third kappa shape index (κ3) is 14.4. The number of hydrogen-bond acceptors (Lipinski definition) is 6. The first-order chi connectivity index (χ1) is 22.3. The number of hydrogen-bond donors (Lipinski definition) is 3. The van der Waals surface area contributed by atoms with Crippen molar-refractivity contribution < 1.29 is 19.4 Å². The highest BCUT2D eigenvalue weighted by molar-refractivity contribution is 5.75. The number of ether oxygens (including phenoxy) is 1. The molecule has 13 heteroatoms. The minimum Gasteiger partial charge on any atom is -0.465 e. The van der Waals surface area contributed by atoms with Gasteiger partial charge in [-0.2, -0.15) is 0 Å². The molecule has 250 valence electrons. The molecule has 46 heavy (non-hydrogen) atoms. The lowest BCUT2D eigenvalue weighted by Crippen LogP contribution is -2.43. The summed E-state index contributed by atoms with van der Waals surface area (Å²) in [4.78, 5) is 54.3. The van der Waals surface area contributed by atoms with Gasteiger partial charge in [0.1, 0.15) is 6.23 Å². The molecule has 1 fully saturated rings. The number of carbonyl (C=O) groups is 2. The van der Waals surface area contributed by atoms with E-state index >= 15 is 0 Å². The van der Waals surface area contributed by atoms with E-state index in [0.29, 0.717) is 18.4 Å². The van der Waals surface area contributed by atoms with Gasteiger partial charge in [0.05, 0.1) is 18.7 Å². The first-order valence-electron chi connectivity index (χ1n) is 15.8. The maximum Gasteiger partial charge on any atom is 0.407 e. The largest absolute Gasteiger partial charge is 0.465 e. The molecular formula is C33H47N7O6. The summed E-state index contributed by atoms with van der Waals surface area (Å²) in [7, 11) is 0. The standard InChI is InChI=1S/C33H47N7O6/c1-3-4-5-6-7-8-9-10-11-12-13-14-15-16-17-18-19-20-29(41)35-21-22-39(33(44)45)25-28-27(37-38-34)23-30(46-28)40-24-26(2)31(42)36-32(40)43/h4-5,7-8,10-11,13-14,16-17,24,27-28,30H,3,6,9,12,15,18-23,25H2,1-2H3,(H,35,41)(H,44,45)(H,36,42,43)/b5-4-,8-7-,11-10-,14-13-,17-16-/t27-,28-,30-/m0/s1. The van der Waals surface area contributed by atoms with Crippen LogP contribution in [0.3, 0.4) is 0 Å². The summed E-state index contributed by atoms with van der Waals surface area (Å²) in [5, 5.41) is 16.2. The van der Waals surface area contributed by atoms with Crippen LogP contribution in [-0.4, -0.2) is 63.3 Å². The number of azide groups is 1. The van der Waals surface area contributed by atoms with Gasteiger partial charge in [0, 0.05) is 42.6 Å². The Hall–Kier alpha value is -4.61. The zero-order valence-corrected chi connectivity index (χ0v) is 26.8. The number of aromatic nitrogens is 2. The summed E-state index contributed by atoms with van der Waals surface area (Å²) in [6.07, 6.45) is 26.4. The molecule has 0 radical (unpaired) electrons. The fourth-order valence-corrected chi connectivity index (χ4v) is 4.69. The van der Waals surface area contributed by atoms with Gasteiger partial charge in [0.15, 0.2) is 0 Å². The van der Waals surface area contributed by atoms with Crippen molar-refractivity contribution in [3.8, 4) is 0 Å². The third-order valence-electron chi connectivity index (χ3n) is 7.17. The normalized spacial score (nSPS) is 18.3. The van der Waals surface area contributed by atoms with Crippen molar-refractivity contribution in [2.24, 2.45) is 5.11 Å². The van der Waals surface area contributed by atoms with Gasteiger partial charge < -0.3 is 20.1 Å². The first kappa shape index (κ1) is 37.6. The second-order valence-electron chi connectivity index (χ2n) is 10.8. The molecule has 0 spiro atoms. The van der Waals surface area contributed by atoms with Gasteiger partial charge in [-0.3, -0.25) is 19.1 Å². The number of aryl methyl sites for hydroxylation is 1. The van der Waals surface area contributed by atoms with E-state index in [9.17, 15) is 24.3 Å². The molecule has 1 aromatic rings. The van der Waals surface area contributed by atoms with E-state index in [1.54, 1.807) is 0 Å². The van der Waals surface area contributed by atoms with Gasteiger partial charge in [-0.25, -0.2) is 9.59 Å². The molecule has 0 aliphatic carbocycles. The van der Waals surface area contributed by atoms with Crippen molar-refractivity contribution in [2.75, 3.05) is 19.6 Å². The molecule has 2 rings (SSSR count). The van der Waals surface area contributed by atoms with Crippen LogP contribution < -0.4 is 16.6 Å². The molecule has 3 N–H and O–H groups in total. The highest BCUT2D eigenvalue weighted by Gasteiger charge is 2.38. The van der Waals surface area contributed by atoms with Gasteiger partial charge in [-0.1, -0.05) is 72.8 Å². The van der Waals surface area contributed by atoms with Gasteiger partial charge in [-0.15, -0.1) is 0 Å². The van der Waals surface area contributed by atoms with Gasteiger partial charge in [-0.05, 0) is 57.4 Å². The fourth-order valence-electron chi connectivity index (χ4n) is 4.69. The monoisotopic (exact) mass is 637 g/mol. The Labute approximate surface area is 269 Å². The molecule has 2 amide bonds. The van der Waals surface area contributed by atoms with Crippen LogP contribution in [0.15, 0.2) is 81.7 Å². The summed E-state index contributed by atoms with van der Waals surface area (Å²) in [5.41, 5.74) is 8.09. The van der Waals surface area contributed by atoms with Crippen molar-refractivity contribution in [3.05, 3.63) is 104 Å². The highest BCUT2D eigenvalue weighted by Crippen LogP contribution is 2.30. The highest BCUT2D eigenvalue weighted by atomic mass is 16.5. The summed E-state index contributed by atoms with van der Waals surface area (Å²) >= 11 is 0. The molecule has 2 heterocycles. The maximum absolute atomic E-state index is 12.3. The molecule has 3 atom stereocenters. The molecule has 0 unspecified atom stereocenters. The molecule has 1 saturated heterocycles. The SMILES string of the molecule is CC/C=C\C/C=C\C/C=C\C/C=C\C/C=C\CCCC(=O)NCCN(C[C@@H]1O[C@H](n2cc(C)c(=O)[nH]c2=O)C[C@@H]1N=[N+]=[N-])C(=O)O. The maximum atomic E-state index is 12.3. The number of aromatic amines is 1. The second-order valence-corrected chi connectivity index (χ2v) is 10.8. The number of rotatable bonds is 20. The minimum atomic E-state index is -1.23. The van der Waals surface area contributed by atoms with Crippen LogP contribution in [0.4, 0.5) is 4.79 Å². The lowest BCUT2D eigenvalue weighted by atomic mass is 10.1. The van der Waals surface area contributed by atoms with E-state index in [1.807, 2.05) is 0 Å². The molecule has 0 bridgehead atoms. The molecule has 1 aliphatic heterocycles. The number of unbranched alkanes of at least 4 members (excludes halogenated alkanes) is 1. The van der Waals surface area contributed by atoms with Crippen LogP contribution in [0, 0.1) is 6.92 Å². The van der Waals surface area contributed by atoms with Crippen molar-refractivity contribution in [3.63, 3.8) is 0 Å². The number of nitrogens with one attached hydrogen (secondary N) is 2. The molecule has 1 aliphatic rings. The molecule has 13 nitrogen and oxygen atoms in total. The number of nitrogens with zero attached hydrogens (tertiary/aromatic N) is 5. The number of carboxylic acid groups (broad SMARTS) is 1. The Morgan fingerprint density at radius 2 is 1.70 bits per heavy atom. The van der Waals surface area contributed by atoms with Crippen molar-refractivity contribution in [2.45, 2.75) is 90.0 Å². The minimum absolute atomic E-state index is 0.00106. The summed E-state index contributed by atoms with van der Waals surface area (Å²) < 4.78 is 7.10. The Kier molecular flexibility index (Phi) is 18.0. The van der Waals surface area contributed by atoms with E-state index in [-0.39, 0.29) is 32.0 Å². The van der Waals surface area contributed by atoms with Crippen molar-refractivity contribution in [1.29, 1.82) is 0 Å². The quantitative estimate of drug-likeness (QED) is 0.0531. The predicted molar refractivity (Wildman–Crippen MR) is 178 cm³/mol. The number of amides is 2. The van der Waals surface area contributed by atoms with Crippen molar-refractivity contribution in [1.82, 2.24) is 19.8 Å². The summed E-state index contributed by atoms with van der Waals surface area (Å²) in [6.45, 7) is 3.64. The van der Waals surface area contributed by atoms with E-state index < -0.39 is 35.7 Å². The van der Waals surface area contributed by atoms with Crippen LogP contribution >= 0.6 is 0 Å². The Morgan fingerprint density at radius 3 is 2.28 bits per heavy atom. The van der Waals surface area contributed by atoms with Crippen LogP contribution in [0.5, 0.6) is 0 Å². The zero-order valence-electron chi connectivity index (χ0n) is 26.8. The number of allylic oxidation sites excluding steroid dienone is 10. The average Bonchev–Trinajstić information content (AvgIpc) is 3.41. The Balaban J connectivity index is 1.67. The molecular weight excluding hydrogens is 590 g/mol. The topological polar surface area (TPSA) is 182 Å². The Morgan fingerprint density at radius 1 is 1.09 bits per heavy atom. The first-order valence-corrected chi connectivity index (χ1v) is 15.8. The second kappa shape index (κ2) is 22.0. The van der Waals surface area contributed by atoms with Crippen molar-refractivity contribution >= 4 is 12.0 Å². The van der Waals surface area contributed by atoms with Crippen LogP contribution in [0.1, 0.15) is 76.5 Å². The van der Waals surface area contributed by atoms with Crippen LogP contribution in [0.2, 0.25) is 0 Å². The van der Waals surface area contributed by atoms with Crippen LogP contribution in [-0.2, 0) is 9.53 Å². The third-order valence-corrected chi connectivity index (χ3v) is 7.17. The molecule has 1 aromatic heterocycles. The van der Waals surface area contributed by atoms with Gasteiger partial charge in [0.2, 0.25) is 5.91 Å². The number of carbonyl (C=O) groups excluding carboxylic acids is 1. The molecule has 0 aromatic carbocycles. The zero-order chi connectivity index (χ0) is 33.6. The van der Waals surface area contributed by atoms with E-state index in [2.05, 4.69) is 88.0 Å². The lowest BCUT2D eigenvalue weighted by molar-refractivity contribution is -0.121. The smallest absolute Gasteiger partial charge is 0.407 e. The lowest BCUT2D eigenvalue weighted by Gasteiger charge is -2.25. The summed E-state index contributed by atoms with van der Waals surface area (Å²) in [5.74, 6) is -0.172. The van der Waals surface area contributed by atoms with Crippen LogP contribution in [0.25, 0.3) is 10.4 Å². The van der Waals surface area contributed by atoms with E-state index in [1.165, 1.54) is 17.7 Å². The fraction of sp³-hybridized carbons (Fsp3) is 0.515. The van der Waals surface area contributed by atoms with Gasteiger partial charge in [0.25, 0.3) is 5.56 Å². The number of H-pyrrole nitrogens is 1. The summed E-state index contributed by atoms with van der Waals surface area (Å²) in [6, 6.07) is -0.735. The molecule has 0 saturated carbocycles.